The number of carbonyl (C=O) groups is 2. The van der Waals surface area contributed by atoms with Crippen LogP contribution in [0.3, 0.4) is 0 Å². The minimum absolute atomic E-state index is 0.0406. The average Bonchev–Trinajstić information content (AvgIpc) is 3.31. The van der Waals surface area contributed by atoms with E-state index in [0.29, 0.717) is 49.1 Å². The highest BCUT2D eigenvalue weighted by atomic mass is 16.5. The zero-order valence-electron chi connectivity index (χ0n) is 19.7. The Morgan fingerprint density at radius 1 is 1.20 bits per heavy atom. The van der Waals surface area contributed by atoms with Gasteiger partial charge in [-0.2, -0.15) is 0 Å². The van der Waals surface area contributed by atoms with Crippen LogP contribution < -0.4 is 4.74 Å². The van der Waals surface area contributed by atoms with Gasteiger partial charge in [-0.1, -0.05) is 24.3 Å². The summed E-state index contributed by atoms with van der Waals surface area (Å²) in [5.41, 5.74) is 1.69. The molecule has 2 bridgehead atoms. The molecule has 0 aromatic heterocycles. The van der Waals surface area contributed by atoms with E-state index in [0.717, 1.165) is 23.2 Å². The normalized spacial score (nSPS) is 34.5. The van der Waals surface area contributed by atoms with E-state index in [2.05, 4.69) is 11.5 Å². The minimum atomic E-state index is -1.10. The van der Waals surface area contributed by atoms with Gasteiger partial charge in [-0.25, -0.2) is 0 Å². The van der Waals surface area contributed by atoms with Gasteiger partial charge in [-0.3, -0.25) is 19.4 Å². The molecule has 1 spiro atoms. The number of rotatable bonds is 3. The molecule has 3 heterocycles. The summed E-state index contributed by atoms with van der Waals surface area (Å²) in [6, 6.07) is 8.27. The molecule has 1 saturated heterocycles. The average molecular weight is 473 g/mol. The zero-order chi connectivity index (χ0) is 24.3. The van der Waals surface area contributed by atoms with Gasteiger partial charge in [-0.05, 0) is 62.4 Å². The first-order valence-electron chi connectivity index (χ1n) is 12.4. The van der Waals surface area contributed by atoms with Crippen LogP contribution in [0.15, 0.2) is 43.0 Å². The summed E-state index contributed by atoms with van der Waals surface area (Å²) in [6.07, 6.45) is 3.39. The number of hydrogen-bond donors (Lipinski definition) is 2. The number of likely N-dealkylation sites (tertiary alicyclic amines) is 1. The molecule has 7 rings (SSSR count). The van der Waals surface area contributed by atoms with E-state index in [4.69, 9.17) is 4.74 Å². The van der Waals surface area contributed by atoms with Crippen LogP contribution in [0.2, 0.25) is 0 Å². The molecule has 5 aliphatic rings. The van der Waals surface area contributed by atoms with E-state index in [1.807, 2.05) is 25.1 Å². The van der Waals surface area contributed by atoms with Crippen molar-refractivity contribution in [3.8, 4) is 11.5 Å². The number of hydrogen-bond acceptors (Lipinski definition) is 6. The number of amides is 2. The molecule has 35 heavy (non-hydrogen) atoms. The molecule has 2 N–H and O–H groups in total. The van der Waals surface area contributed by atoms with E-state index in [-0.39, 0.29) is 23.6 Å². The Bertz CT molecular complexity index is 1340. The van der Waals surface area contributed by atoms with Crippen molar-refractivity contribution in [1.29, 1.82) is 0 Å². The molecule has 7 heteroatoms. The van der Waals surface area contributed by atoms with Crippen LogP contribution in [0.5, 0.6) is 11.5 Å². The molecule has 2 aromatic rings. The lowest BCUT2D eigenvalue weighted by Crippen LogP contribution is -2.78. The van der Waals surface area contributed by atoms with Crippen molar-refractivity contribution in [3.05, 3.63) is 70.8 Å². The van der Waals surface area contributed by atoms with E-state index in [1.54, 1.807) is 18.2 Å². The van der Waals surface area contributed by atoms with E-state index in [9.17, 15) is 19.8 Å². The third-order valence-electron chi connectivity index (χ3n) is 9.39. The van der Waals surface area contributed by atoms with Gasteiger partial charge in [0.2, 0.25) is 0 Å². The summed E-state index contributed by atoms with van der Waals surface area (Å²) in [5, 5.41) is 23.3. The van der Waals surface area contributed by atoms with Crippen molar-refractivity contribution in [3.63, 3.8) is 0 Å². The van der Waals surface area contributed by atoms with E-state index >= 15 is 0 Å². The van der Waals surface area contributed by atoms with Crippen LogP contribution in [0, 0.1) is 6.92 Å². The van der Waals surface area contributed by atoms with Gasteiger partial charge in [0.05, 0.1) is 28.2 Å². The van der Waals surface area contributed by atoms with Crippen LogP contribution in [0.1, 0.15) is 56.7 Å². The fourth-order valence-electron chi connectivity index (χ4n) is 8.03. The topological polar surface area (TPSA) is 90.3 Å². The van der Waals surface area contributed by atoms with Gasteiger partial charge >= 0.3 is 0 Å². The second-order valence-electron chi connectivity index (χ2n) is 10.7. The first kappa shape index (κ1) is 21.1. The maximum absolute atomic E-state index is 13.6. The summed E-state index contributed by atoms with van der Waals surface area (Å²) in [7, 11) is 0. The van der Waals surface area contributed by atoms with Crippen molar-refractivity contribution in [2.75, 3.05) is 13.1 Å². The molecular formula is C28H28N2O5. The third-order valence-corrected chi connectivity index (χ3v) is 9.39. The fraction of sp³-hybridized carbons (Fsp3) is 0.429. The number of phenols is 1. The number of piperidine rings is 1. The van der Waals surface area contributed by atoms with Crippen molar-refractivity contribution in [1.82, 2.24) is 9.80 Å². The molecule has 0 radical (unpaired) electrons. The first-order chi connectivity index (χ1) is 16.8. The van der Waals surface area contributed by atoms with Crippen LogP contribution in [0.4, 0.5) is 0 Å². The molecule has 1 saturated carbocycles. The Hall–Kier alpha value is -3.16. The number of aryl methyl sites for hydroxylation is 1. The molecule has 5 atom stereocenters. The largest absolute Gasteiger partial charge is 0.504 e. The Labute approximate surface area is 203 Å². The number of aromatic hydroxyl groups is 1. The summed E-state index contributed by atoms with van der Waals surface area (Å²) in [5.74, 6) is -0.156. The predicted octanol–water partition coefficient (Wildman–Crippen LogP) is 2.71. The number of aliphatic hydroxyl groups is 1. The standard InChI is InChI=1S/C28H28N2O5/c1-3-12-29-13-11-27-22-16-7-8-19(31)23(22)35-24(27)18(9-10-28(27,34)20(29)14-16)30-25(32)17-6-4-5-15(2)21(17)26(30)33/h3-8,18,20,24,31,34H,1,9-14H2,2H3/t18-,20-,24-,27-,28+/m0/s1. The molecule has 7 nitrogen and oxygen atoms in total. The molecule has 180 valence electrons. The monoisotopic (exact) mass is 472 g/mol. The van der Waals surface area contributed by atoms with Gasteiger partial charge in [0.15, 0.2) is 11.5 Å². The van der Waals surface area contributed by atoms with Crippen LogP contribution in [-0.4, -0.2) is 68.7 Å². The van der Waals surface area contributed by atoms with Crippen molar-refractivity contribution < 1.29 is 24.5 Å². The summed E-state index contributed by atoms with van der Waals surface area (Å²) in [4.78, 5) is 30.8. The zero-order valence-corrected chi connectivity index (χ0v) is 19.7. The molecule has 2 amide bonds. The summed E-state index contributed by atoms with van der Waals surface area (Å²) in [6.45, 7) is 7.17. The third kappa shape index (κ3) is 2.29. The molecule has 2 aliphatic carbocycles. The number of nitrogens with zero attached hydrogens (tertiary/aromatic N) is 2. The predicted molar refractivity (Wildman–Crippen MR) is 128 cm³/mol. The maximum atomic E-state index is 13.6. The van der Waals surface area contributed by atoms with E-state index in [1.165, 1.54) is 4.90 Å². The van der Waals surface area contributed by atoms with Gasteiger partial charge < -0.3 is 14.9 Å². The number of fused-ring (bicyclic) bond motifs is 1. The molecule has 0 unspecified atom stereocenters. The Kier molecular flexibility index (Phi) is 4.07. The SMILES string of the molecule is C=CCN1CC[C@]23c4c5ccc(O)c4O[C@H]2[C@@H](N2C(=O)c4cccc(C)c4C2=O)CC[C@@]3(O)[C@@H]1C5. The second-order valence-corrected chi connectivity index (χ2v) is 10.7. The van der Waals surface area contributed by atoms with Crippen molar-refractivity contribution >= 4 is 11.8 Å². The molecular weight excluding hydrogens is 444 g/mol. The fourth-order valence-corrected chi connectivity index (χ4v) is 8.03. The summed E-state index contributed by atoms with van der Waals surface area (Å²) < 4.78 is 6.53. The highest BCUT2D eigenvalue weighted by Crippen LogP contribution is 2.66. The van der Waals surface area contributed by atoms with E-state index < -0.39 is 23.2 Å². The van der Waals surface area contributed by atoms with Crippen molar-refractivity contribution in [2.45, 2.75) is 61.8 Å². The van der Waals surface area contributed by atoms with Crippen molar-refractivity contribution in [2.24, 2.45) is 0 Å². The second kappa shape index (κ2) is 6.74. The highest BCUT2D eigenvalue weighted by Gasteiger charge is 2.74. The number of ether oxygens (including phenoxy) is 1. The smallest absolute Gasteiger partial charge is 0.262 e. The lowest BCUT2D eigenvalue weighted by molar-refractivity contribution is -0.194. The number of carbonyl (C=O) groups excluding carboxylic acids is 2. The minimum Gasteiger partial charge on any atom is -0.504 e. The highest BCUT2D eigenvalue weighted by molar-refractivity contribution is 6.22. The lowest BCUT2D eigenvalue weighted by Gasteiger charge is -2.64. The number of benzene rings is 2. The first-order valence-corrected chi connectivity index (χ1v) is 12.4. The maximum Gasteiger partial charge on any atom is 0.262 e. The number of imide groups is 1. The lowest BCUT2D eigenvalue weighted by atomic mass is 9.48. The van der Waals surface area contributed by atoms with Crippen LogP contribution >= 0.6 is 0 Å². The Balaban J connectivity index is 1.40. The Morgan fingerprint density at radius 3 is 2.80 bits per heavy atom. The van der Waals surface area contributed by atoms with Gasteiger partial charge in [0.1, 0.15) is 6.10 Å². The Morgan fingerprint density at radius 2 is 2.03 bits per heavy atom. The van der Waals surface area contributed by atoms with Crippen LogP contribution in [0.25, 0.3) is 0 Å². The summed E-state index contributed by atoms with van der Waals surface area (Å²) >= 11 is 0. The van der Waals surface area contributed by atoms with Gasteiger partial charge in [0, 0.05) is 18.2 Å². The van der Waals surface area contributed by atoms with Crippen LogP contribution in [-0.2, 0) is 11.8 Å². The molecule has 2 fully saturated rings. The quantitative estimate of drug-likeness (QED) is 0.528. The molecule has 3 aliphatic heterocycles. The molecule has 2 aromatic carbocycles. The van der Waals surface area contributed by atoms with Gasteiger partial charge in [-0.15, -0.1) is 6.58 Å². The number of phenolic OH excluding ortho intramolecular Hbond substituents is 1. The van der Waals surface area contributed by atoms with Gasteiger partial charge in [0.25, 0.3) is 11.8 Å².